The first-order valence-corrected chi connectivity index (χ1v) is 6.83. The summed E-state index contributed by atoms with van der Waals surface area (Å²) in [5.74, 6) is 0.0870. The molecule has 3 rings (SSSR count). The molecule has 4 heteroatoms. The van der Waals surface area contributed by atoms with E-state index in [1.165, 1.54) is 0 Å². The monoisotopic (exact) mass is 402 g/mol. The smallest absolute Gasteiger partial charge is 0.231 e. The Kier molecular flexibility index (Phi) is 5.77. The largest absolute Gasteiger partial charge is 1.00 e. The number of nitrogens with zero attached hydrogens (tertiary/aromatic N) is 2. The fraction of sp³-hybridized carbons (Fsp3) is 0.0556. The molecule has 0 fully saturated rings. The number of benzene rings is 1. The molecule has 0 atom stereocenters. The Hall–Kier alpha value is -2.08. The van der Waals surface area contributed by atoms with Crippen LogP contribution in [0, 0.1) is 0 Å². The molecule has 0 saturated carbocycles. The fourth-order valence-corrected chi connectivity index (χ4v) is 2.23. The average Bonchev–Trinajstić information content (AvgIpc) is 2.57. The number of halogens is 1. The van der Waals surface area contributed by atoms with Gasteiger partial charge >= 0.3 is 0 Å². The van der Waals surface area contributed by atoms with Gasteiger partial charge in [0.25, 0.3) is 0 Å². The van der Waals surface area contributed by atoms with Crippen LogP contribution in [0.4, 0.5) is 0 Å². The van der Waals surface area contributed by atoms with Gasteiger partial charge in [0.15, 0.2) is 6.20 Å². The normalized spacial score (nSPS) is 9.82. The molecule has 0 aliphatic carbocycles. The molecule has 0 aliphatic heterocycles. The molecule has 22 heavy (non-hydrogen) atoms. The van der Waals surface area contributed by atoms with Gasteiger partial charge in [0, 0.05) is 23.9 Å². The van der Waals surface area contributed by atoms with Crippen LogP contribution in [0.5, 0.6) is 0 Å². The molecule has 0 aliphatic rings. The summed E-state index contributed by atoms with van der Waals surface area (Å²) in [6.45, 7) is 0.302. The van der Waals surface area contributed by atoms with E-state index >= 15 is 0 Å². The number of Topliss-reactive ketones (excluding diaryl/α,β-unsaturated/α-hetero) is 1. The number of pyridine rings is 2. The van der Waals surface area contributed by atoms with E-state index in [2.05, 4.69) is 4.98 Å². The Balaban J connectivity index is 0.00000176. The number of ketones is 1. The third-order valence-electron chi connectivity index (χ3n) is 3.28. The maximum absolute atomic E-state index is 12.4. The number of carbonyl (C=O) groups excluding carboxylic acids is 1. The van der Waals surface area contributed by atoms with E-state index in [-0.39, 0.29) is 29.8 Å². The van der Waals surface area contributed by atoms with E-state index < -0.39 is 0 Å². The molecule has 0 radical (unpaired) electrons. The summed E-state index contributed by atoms with van der Waals surface area (Å²) in [5, 5.41) is 0. The zero-order chi connectivity index (χ0) is 14.5. The summed E-state index contributed by atoms with van der Waals surface area (Å²) in [5.41, 5.74) is 2.52. The molecular formula is C18H15IN2O. The molecule has 2 heterocycles. The quantitative estimate of drug-likeness (QED) is 0.348. The second kappa shape index (κ2) is 7.79. The molecule has 0 N–H and O–H groups in total. The minimum absolute atomic E-state index is 0. The summed E-state index contributed by atoms with van der Waals surface area (Å²) in [6.07, 6.45) is 3.66. The lowest BCUT2D eigenvalue weighted by molar-refractivity contribution is -0.672. The summed E-state index contributed by atoms with van der Waals surface area (Å²) in [7, 11) is 0. The van der Waals surface area contributed by atoms with Crippen LogP contribution in [0.15, 0.2) is 79.1 Å². The summed E-state index contributed by atoms with van der Waals surface area (Å²) < 4.78 is 1.93. The lowest BCUT2D eigenvalue weighted by Gasteiger charge is -2.03. The van der Waals surface area contributed by atoms with Gasteiger partial charge in [0.1, 0.15) is 5.69 Å². The SMILES string of the molecule is O=C(C[n+]1ccccc1-c1ccccn1)c1ccccc1.[I-]. The summed E-state index contributed by atoms with van der Waals surface area (Å²) >= 11 is 0. The Morgan fingerprint density at radius 2 is 1.64 bits per heavy atom. The molecule has 0 saturated heterocycles. The van der Waals surface area contributed by atoms with Gasteiger partial charge in [0.2, 0.25) is 18.0 Å². The summed E-state index contributed by atoms with van der Waals surface area (Å²) in [6, 6.07) is 21.0. The molecule has 2 aromatic heterocycles. The van der Waals surface area contributed by atoms with Crippen LogP contribution in [-0.4, -0.2) is 10.8 Å². The molecule has 0 amide bonds. The average molecular weight is 402 g/mol. The molecular weight excluding hydrogens is 387 g/mol. The molecule has 1 aromatic carbocycles. The number of hydrogen-bond acceptors (Lipinski definition) is 2. The van der Waals surface area contributed by atoms with Crippen LogP contribution < -0.4 is 28.5 Å². The number of carbonyl (C=O) groups is 1. The van der Waals surface area contributed by atoms with E-state index in [0.717, 1.165) is 17.0 Å². The van der Waals surface area contributed by atoms with Crippen molar-refractivity contribution in [1.82, 2.24) is 4.98 Å². The van der Waals surface area contributed by atoms with E-state index in [9.17, 15) is 4.79 Å². The number of hydrogen-bond donors (Lipinski definition) is 0. The van der Waals surface area contributed by atoms with Crippen LogP contribution >= 0.6 is 0 Å². The Morgan fingerprint density at radius 1 is 0.909 bits per heavy atom. The van der Waals surface area contributed by atoms with E-state index in [1.807, 2.05) is 77.5 Å². The minimum atomic E-state index is 0. The van der Waals surface area contributed by atoms with Gasteiger partial charge in [-0.2, -0.15) is 4.57 Å². The van der Waals surface area contributed by atoms with Crippen LogP contribution in [0.3, 0.4) is 0 Å². The third kappa shape index (κ3) is 3.76. The number of aromatic nitrogens is 2. The second-order valence-electron chi connectivity index (χ2n) is 4.72. The first-order valence-electron chi connectivity index (χ1n) is 6.83. The standard InChI is InChI=1S/C18H15N2O.HI/c21-18(15-8-2-1-3-9-15)14-20-13-7-5-11-17(20)16-10-4-6-12-19-16;/h1-13H,14H2;1H/q+1;/p-1. The van der Waals surface area contributed by atoms with Crippen molar-refractivity contribution in [3.8, 4) is 11.4 Å². The van der Waals surface area contributed by atoms with Crippen molar-refractivity contribution in [2.24, 2.45) is 0 Å². The first kappa shape index (κ1) is 16.3. The predicted molar refractivity (Wildman–Crippen MR) is 80.6 cm³/mol. The maximum Gasteiger partial charge on any atom is 0.231 e. The molecule has 0 unspecified atom stereocenters. The van der Waals surface area contributed by atoms with Crippen molar-refractivity contribution >= 4 is 5.78 Å². The third-order valence-corrected chi connectivity index (χ3v) is 3.28. The Morgan fingerprint density at radius 3 is 2.36 bits per heavy atom. The van der Waals surface area contributed by atoms with Crippen molar-refractivity contribution in [3.63, 3.8) is 0 Å². The molecule has 110 valence electrons. The van der Waals surface area contributed by atoms with Gasteiger partial charge in [-0.15, -0.1) is 0 Å². The lowest BCUT2D eigenvalue weighted by Crippen LogP contribution is -3.00. The van der Waals surface area contributed by atoms with Gasteiger partial charge in [-0.05, 0) is 18.2 Å². The molecule has 3 aromatic rings. The van der Waals surface area contributed by atoms with Gasteiger partial charge in [-0.3, -0.25) is 4.79 Å². The van der Waals surface area contributed by atoms with Gasteiger partial charge in [-0.25, -0.2) is 4.98 Å². The highest BCUT2D eigenvalue weighted by molar-refractivity contribution is 5.95. The van der Waals surface area contributed by atoms with Crippen LogP contribution in [0.25, 0.3) is 11.4 Å². The highest BCUT2D eigenvalue weighted by atomic mass is 127. The van der Waals surface area contributed by atoms with Crippen molar-refractivity contribution in [1.29, 1.82) is 0 Å². The van der Waals surface area contributed by atoms with Crippen LogP contribution in [0.2, 0.25) is 0 Å². The van der Waals surface area contributed by atoms with Crippen molar-refractivity contribution in [3.05, 3.63) is 84.7 Å². The van der Waals surface area contributed by atoms with Gasteiger partial charge < -0.3 is 24.0 Å². The zero-order valence-electron chi connectivity index (χ0n) is 11.9. The lowest BCUT2D eigenvalue weighted by atomic mass is 10.1. The molecule has 3 nitrogen and oxygen atoms in total. The van der Waals surface area contributed by atoms with Crippen LogP contribution in [0.1, 0.15) is 10.4 Å². The maximum atomic E-state index is 12.4. The number of rotatable bonds is 4. The van der Waals surface area contributed by atoms with Gasteiger partial charge in [0.05, 0.1) is 0 Å². The van der Waals surface area contributed by atoms with Crippen molar-refractivity contribution in [2.45, 2.75) is 6.54 Å². The predicted octanol–water partition coefficient (Wildman–Crippen LogP) is -0.0770. The zero-order valence-corrected chi connectivity index (χ0v) is 14.1. The van der Waals surface area contributed by atoms with E-state index in [4.69, 9.17) is 0 Å². The second-order valence-corrected chi connectivity index (χ2v) is 4.72. The van der Waals surface area contributed by atoms with E-state index in [1.54, 1.807) is 6.20 Å². The highest BCUT2D eigenvalue weighted by Crippen LogP contribution is 2.11. The van der Waals surface area contributed by atoms with Crippen molar-refractivity contribution in [2.75, 3.05) is 0 Å². The molecule has 0 bridgehead atoms. The Bertz CT molecular complexity index is 745. The first-order chi connectivity index (χ1) is 10.3. The summed E-state index contributed by atoms with van der Waals surface area (Å²) in [4.78, 5) is 16.7. The van der Waals surface area contributed by atoms with E-state index in [0.29, 0.717) is 6.54 Å². The highest BCUT2D eigenvalue weighted by Gasteiger charge is 2.17. The van der Waals surface area contributed by atoms with Crippen molar-refractivity contribution < 1.29 is 33.3 Å². The molecule has 0 spiro atoms. The Labute approximate surface area is 146 Å². The minimum Gasteiger partial charge on any atom is -1.00 e. The topological polar surface area (TPSA) is 33.8 Å². The van der Waals surface area contributed by atoms with Crippen LogP contribution in [-0.2, 0) is 6.54 Å². The fourth-order valence-electron chi connectivity index (χ4n) is 2.23. The van der Waals surface area contributed by atoms with Gasteiger partial charge in [-0.1, -0.05) is 36.4 Å².